The van der Waals surface area contributed by atoms with E-state index in [1.54, 1.807) is 0 Å². The summed E-state index contributed by atoms with van der Waals surface area (Å²) >= 11 is 0. The molecule has 0 spiro atoms. The van der Waals surface area contributed by atoms with Crippen LogP contribution in [0.25, 0.3) is 0 Å². The quantitative estimate of drug-likeness (QED) is 0.518. The number of hydrogen-bond acceptors (Lipinski definition) is 2. The number of nitrogen functional groups attached to an aromatic ring is 1. The van der Waals surface area contributed by atoms with Gasteiger partial charge < -0.3 is 11.1 Å². The summed E-state index contributed by atoms with van der Waals surface area (Å²) in [4.78, 5) is 0. The Morgan fingerprint density at radius 3 is 2.53 bits per heavy atom. The van der Waals surface area contributed by atoms with Gasteiger partial charge in [-0.05, 0) is 25.0 Å². The largest absolute Gasteiger partial charge is 0.397 e. The molecule has 1 rings (SSSR count). The molecule has 1 aromatic carbocycles. The molecule has 0 aliphatic heterocycles. The van der Waals surface area contributed by atoms with Gasteiger partial charge in [-0.1, -0.05) is 51.2 Å². The number of aryl methyl sites for hydroxylation is 1. The molecule has 0 saturated carbocycles. The second-order valence-electron chi connectivity index (χ2n) is 4.73. The molecule has 0 fully saturated rings. The predicted octanol–water partition coefficient (Wildman–Crippen LogP) is 4.35. The van der Waals surface area contributed by atoms with Crippen LogP contribution in [0.4, 0.5) is 11.4 Å². The van der Waals surface area contributed by atoms with Crippen molar-refractivity contribution in [2.24, 2.45) is 0 Å². The minimum absolute atomic E-state index is 0.887. The van der Waals surface area contributed by atoms with Crippen LogP contribution in [-0.2, 0) is 0 Å². The minimum atomic E-state index is 0.887. The van der Waals surface area contributed by atoms with E-state index >= 15 is 0 Å². The number of nitrogens with one attached hydrogen (secondary N) is 1. The average molecular weight is 234 g/mol. The number of anilines is 2. The summed E-state index contributed by atoms with van der Waals surface area (Å²) < 4.78 is 0. The first-order chi connectivity index (χ1) is 8.25. The van der Waals surface area contributed by atoms with Crippen LogP contribution >= 0.6 is 0 Å². The average Bonchev–Trinajstić information content (AvgIpc) is 2.33. The van der Waals surface area contributed by atoms with Gasteiger partial charge in [-0.2, -0.15) is 0 Å². The monoisotopic (exact) mass is 234 g/mol. The molecule has 0 saturated heterocycles. The number of benzene rings is 1. The molecule has 0 aliphatic carbocycles. The standard InChI is InChI=1S/C15H26N2/c1-3-4-5-6-7-8-12-17-14-11-9-10-13(2)15(14)16/h9-11,17H,3-8,12,16H2,1-2H3. The van der Waals surface area contributed by atoms with E-state index in [0.717, 1.165) is 23.5 Å². The number of rotatable bonds is 8. The molecular weight excluding hydrogens is 208 g/mol. The van der Waals surface area contributed by atoms with Crippen LogP contribution in [0.3, 0.4) is 0 Å². The Labute approximate surface area is 106 Å². The first kappa shape index (κ1) is 13.9. The molecule has 2 heteroatoms. The van der Waals surface area contributed by atoms with Gasteiger partial charge in [0, 0.05) is 6.54 Å². The van der Waals surface area contributed by atoms with E-state index in [9.17, 15) is 0 Å². The smallest absolute Gasteiger partial charge is 0.0579 e. The summed E-state index contributed by atoms with van der Waals surface area (Å²) in [5.74, 6) is 0. The third kappa shape index (κ3) is 5.12. The van der Waals surface area contributed by atoms with Crippen molar-refractivity contribution in [2.75, 3.05) is 17.6 Å². The van der Waals surface area contributed by atoms with E-state index < -0.39 is 0 Å². The Morgan fingerprint density at radius 1 is 1.06 bits per heavy atom. The van der Waals surface area contributed by atoms with Crippen molar-refractivity contribution in [3.05, 3.63) is 23.8 Å². The SMILES string of the molecule is CCCCCCCCNc1cccc(C)c1N. The number of hydrogen-bond donors (Lipinski definition) is 2. The summed E-state index contributed by atoms with van der Waals surface area (Å²) in [7, 11) is 0. The Bertz CT molecular complexity index is 321. The van der Waals surface area contributed by atoms with Crippen LogP contribution in [0.1, 0.15) is 51.0 Å². The first-order valence-corrected chi connectivity index (χ1v) is 6.84. The van der Waals surface area contributed by atoms with Gasteiger partial charge in [-0.3, -0.25) is 0 Å². The normalized spacial score (nSPS) is 10.5. The third-order valence-electron chi connectivity index (χ3n) is 3.17. The highest BCUT2D eigenvalue weighted by molar-refractivity contribution is 5.69. The fourth-order valence-electron chi connectivity index (χ4n) is 1.96. The molecule has 0 bridgehead atoms. The molecule has 0 aliphatic rings. The molecule has 3 N–H and O–H groups in total. The zero-order valence-corrected chi connectivity index (χ0v) is 11.3. The van der Waals surface area contributed by atoms with E-state index in [4.69, 9.17) is 5.73 Å². The van der Waals surface area contributed by atoms with Gasteiger partial charge in [-0.15, -0.1) is 0 Å². The summed E-state index contributed by atoms with van der Waals surface area (Å²) in [6.45, 7) is 5.33. The lowest BCUT2D eigenvalue weighted by atomic mass is 10.1. The van der Waals surface area contributed by atoms with Crippen molar-refractivity contribution >= 4 is 11.4 Å². The van der Waals surface area contributed by atoms with Gasteiger partial charge in [0.05, 0.1) is 11.4 Å². The lowest BCUT2D eigenvalue weighted by molar-refractivity contribution is 0.617. The molecule has 96 valence electrons. The highest BCUT2D eigenvalue weighted by atomic mass is 14.9. The van der Waals surface area contributed by atoms with Crippen LogP contribution in [0, 0.1) is 6.92 Å². The van der Waals surface area contributed by atoms with Crippen LogP contribution in [0.5, 0.6) is 0 Å². The molecular formula is C15H26N2. The Kier molecular flexibility index (Phi) is 6.53. The second kappa shape index (κ2) is 7.99. The van der Waals surface area contributed by atoms with Crippen molar-refractivity contribution in [2.45, 2.75) is 52.4 Å². The molecule has 0 amide bonds. The van der Waals surface area contributed by atoms with Crippen molar-refractivity contribution < 1.29 is 0 Å². The molecule has 17 heavy (non-hydrogen) atoms. The van der Waals surface area contributed by atoms with Gasteiger partial charge in [-0.25, -0.2) is 0 Å². The Balaban J connectivity index is 2.16. The summed E-state index contributed by atoms with van der Waals surface area (Å²) in [5, 5.41) is 3.42. The molecule has 0 unspecified atom stereocenters. The second-order valence-corrected chi connectivity index (χ2v) is 4.73. The van der Waals surface area contributed by atoms with Crippen molar-refractivity contribution in [3.8, 4) is 0 Å². The topological polar surface area (TPSA) is 38.0 Å². The van der Waals surface area contributed by atoms with Crippen LogP contribution < -0.4 is 11.1 Å². The highest BCUT2D eigenvalue weighted by Gasteiger charge is 1.99. The van der Waals surface area contributed by atoms with Crippen LogP contribution in [-0.4, -0.2) is 6.54 Å². The number of para-hydroxylation sites is 1. The van der Waals surface area contributed by atoms with E-state index in [1.165, 1.54) is 38.5 Å². The lowest BCUT2D eigenvalue weighted by Gasteiger charge is -2.10. The number of unbranched alkanes of at least 4 members (excludes halogenated alkanes) is 5. The maximum Gasteiger partial charge on any atom is 0.0579 e. The molecule has 0 radical (unpaired) electrons. The Morgan fingerprint density at radius 2 is 1.76 bits per heavy atom. The zero-order valence-electron chi connectivity index (χ0n) is 11.3. The molecule has 1 aromatic rings. The van der Waals surface area contributed by atoms with E-state index in [0.29, 0.717) is 0 Å². The van der Waals surface area contributed by atoms with Gasteiger partial charge in [0.15, 0.2) is 0 Å². The predicted molar refractivity (Wildman–Crippen MR) is 77.5 cm³/mol. The maximum absolute atomic E-state index is 6.00. The van der Waals surface area contributed by atoms with Crippen molar-refractivity contribution in [1.82, 2.24) is 0 Å². The molecule has 0 atom stereocenters. The van der Waals surface area contributed by atoms with Crippen molar-refractivity contribution in [1.29, 1.82) is 0 Å². The summed E-state index contributed by atoms with van der Waals surface area (Å²) in [6, 6.07) is 6.15. The lowest BCUT2D eigenvalue weighted by Crippen LogP contribution is -2.05. The van der Waals surface area contributed by atoms with E-state index in [2.05, 4.69) is 24.4 Å². The van der Waals surface area contributed by atoms with Crippen LogP contribution in [0.15, 0.2) is 18.2 Å². The van der Waals surface area contributed by atoms with Gasteiger partial charge in [0.2, 0.25) is 0 Å². The molecule has 2 nitrogen and oxygen atoms in total. The third-order valence-corrected chi connectivity index (χ3v) is 3.17. The minimum Gasteiger partial charge on any atom is -0.397 e. The highest BCUT2D eigenvalue weighted by Crippen LogP contribution is 2.21. The fourth-order valence-corrected chi connectivity index (χ4v) is 1.96. The zero-order chi connectivity index (χ0) is 12.5. The Hall–Kier alpha value is -1.18. The van der Waals surface area contributed by atoms with Crippen molar-refractivity contribution in [3.63, 3.8) is 0 Å². The molecule has 0 heterocycles. The van der Waals surface area contributed by atoms with E-state index in [-0.39, 0.29) is 0 Å². The molecule has 0 aromatic heterocycles. The van der Waals surface area contributed by atoms with Gasteiger partial charge >= 0.3 is 0 Å². The van der Waals surface area contributed by atoms with Gasteiger partial charge in [0.1, 0.15) is 0 Å². The fraction of sp³-hybridized carbons (Fsp3) is 0.600. The maximum atomic E-state index is 6.00. The number of nitrogens with two attached hydrogens (primary N) is 1. The summed E-state index contributed by atoms with van der Waals surface area (Å²) in [5.41, 5.74) is 9.12. The van der Waals surface area contributed by atoms with Crippen LogP contribution in [0.2, 0.25) is 0 Å². The first-order valence-electron chi connectivity index (χ1n) is 6.84. The summed E-state index contributed by atoms with van der Waals surface area (Å²) in [6.07, 6.45) is 7.98. The van der Waals surface area contributed by atoms with Gasteiger partial charge in [0.25, 0.3) is 0 Å². The van der Waals surface area contributed by atoms with E-state index in [1.807, 2.05) is 13.0 Å².